The van der Waals surface area contributed by atoms with Crippen LogP contribution >= 0.6 is 0 Å². The van der Waals surface area contributed by atoms with Gasteiger partial charge in [0.05, 0.1) is 6.61 Å². The molecule has 1 aromatic carbocycles. The fourth-order valence-electron chi connectivity index (χ4n) is 1.31. The standard InChI is InChI=1S/C15H18O3Si/c1-5-18-15(17)14(16)13-8-6-7-12(11-13)9-10-19(2,3)4/h6-8,11H,5H2,1-4H3. The smallest absolute Gasteiger partial charge is 0.379 e. The van der Waals surface area contributed by atoms with E-state index in [2.05, 4.69) is 31.1 Å². The van der Waals surface area contributed by atoms with Crippen molar-refractivity contribution in [3.05, 3.63) is 35.4 Å². The molecule has 0 N–H and O–H groups in total. The van der Waals surface area contributed by atoms with Crippen LogP contribution in [-0.4, -0.2) is 26.4 Å². The Hall–Kier alpha value is -1.86. The maximum absolute atomic E-state index is 11.8. The van der Waals surface area contributed by atoms with Crippen molar-refractivity contribution in [2.24, 2.45) is 0 Å². The summed E-state index contributed by atoms with van der Waals surface area (Å²) in [7, 11) is -1.46. The van der Waals surface area contributed by atoms with E-state index in [4.69, 9.17) is 4.74 Å². The van der Waals surface area contributed by atoms with Crippen molar-refractivity contribution in [3.63, 3.8) is 0 Å². The van der Waals surface area contributed by atoms with Gasteiger partial charge in [0.15, 0.2) is 0 Å². The van der Waals surface area contributed by atoms with E-state index in [1.165, 1.54) is 0 Å². The lowest BCUT2D eigenvalue weighted by Gasteiger charge is -2.04. The van der Waals surface area contributed by atoms with Crippen molar-refractivity contribution < 1.29 is 14.3 Å². The van der Waals surface area contributed by atoms with E-state index in [-0.39, 0.29) is 6.61 Å². The van der Waals surface area contributed by atoms with Crippen LogP contribution in [0.15, 0.2) is 24.3 Å². The molecule has 0 atom stereocenters. The average molecular weight is 274 g/mol. The summed E-state index contributed by atoms with van der Waals surface area (Å²) < 4.78 is 4.69. The predicted molar refractivity (Wildman–Crippen MR) is 77.6 cm³/mol. The van der Waals surface area contributed by atoms with Gasteiger partial charge in [-0.15, -0.1) is 5.54 Å². The van der Waals surface area contributed by atoms with Crippen molar-refractivity contribution in [2.75, 3.05) is 6.61 Å². The molecule has 0 radical (unpaired) electrons. The van der Waals surface area contributed by atoms with Crippen LogP contribution in [0.4, 0.5) is 0 Å². The Labute approximate surface area is 115 Å². The van der Waals surface area contributed by atoms with Crippen molar-refractivity contribution in [1.82, 2.24) is 0 Å². The largest absolute Gasteiger partial charge is 0.460 e. The number of ketones is 1. The summed E-state index contributed by atoms with van der Waals surface area (Å²) in [5, 5.41) is 0. The first-order valence-electron chi connectivity index (χ1n) is 6.18. The van der Waals surface area contributed by atoms with Crippen LogP contribution in [0.2, 0.25) is 19.6 Å². The molecule has 19 heavy (non-hydrogen) atoms. The first-order chi connectivity index (χ1) is 8.83. The van der Waals surface area contributed by atoms with Crippen LogP contribution in [0.25, 0.3) is 0 Å². The molecule has 0 spiro atoms. The predicted octanol–water partition coefficient (Wildman–Crippen LogP) is 2.66. The van der Waals surface area contributed by atoms with Gasteiger partial charge in [-0.25, -0.2) is 4.79 Å². The number of esters is 1. The molecule has 3 nitrogen and oxygen atoms in total. The first kappa shape index (κ1) is 15.2. The first-order valence-corrected chi connectivity index (χ1v) is 9.68. The lowest BCUT2D eigenvalue weighted by molar-refractivity contribution is -0.137. The highest BCUT2D eigenvalue weighted by atomic mass is 28.3. The molecule has 1 rings (SSSR count). The maximum atomic E-state index is 11.8. The van der Waals surface area contributed by atoms with Gasteiger partial charge < -0.3 is 4.74 Å². The molecule has 0 saturated heterocycles. The average Bonchev–Trinajstić information content (AvgIpc) is 2.35. The minimum atomic E-state index is -1.46. The van der Waals surface area contributed by atoms with Crippen LogP contribution in [0, 0.1) is 11.5 Å². The molecular formula is C15H18O3Si. The van der Waals surface area contributed by atoms with Gasteiger partial charge in [0, 0.05) is 11.1 Å². The Balaban J connectivity index is 2.97. The molecule has 0 aliphatic rings. The Morgan fingerprint density at radius 1 is 1.26 bits per heavy atom. The van der Waals surface area contributed by atoms with Crippen molar-refractivity contribution in [1.29, 1.82) is 0 Å². The third-order valence-corrected chi connectivity index (χ3v) is 3.04. The molecule has 0 bridgehead atoms. The molecule has 0 aliphatic carbocycles. The minimum absolute atomic E-state index is 0.194. The van der Waals surface area contributed by atoms with Crippen LogP contribution < -0.4 is 0 Å². The molecule has 0 fully saturated rings. The van der Waals surface area contributed by atoms with Crippen molar-refractivity contribution in [2.45, 2.75) is 26.6 Å². The van der Waals surface area contributed by atoms with Crippen LogP contribution in [0.5, 0.6) is 0 Å². The zero-order valence-electron chi connectivity index (χ0n) is 11.7. The number of hydrogen-bond donors (Lipinski definition) is 0. The van der Waals surface area contributed by atoms with Gasteiger partial charge in [0.25, 0.3) is 5.78 Å². The van der Waals surface area contributed by atoms with Gasteiger partial charge in [0.1, 0.15) is 8.07 Å². The fraction of sp³-hybridized carbons (Fsp3) is 0.333. The lowest BCUT2D eigenvalue weighted by atomic mass is 10.1. The summed E-state index contributed by atoms with van der Waals surface area (Å²) in [4.78, 5) is 23.1. The molecule has 1 aromatic rings. The van der Waals surface area contributed by atoms with E-state index in [9.17, 15) is 9.59 Å². The van der Waals surface area contributed by atoms with E-state index in [1.807, 2.05) is 6.07 Å². The maximum Gasteiger partial charge on any atom is 0.379 e. The third kappa shape index (κ3) is 5.10. The van der Waals surface area contributed by atoms with E-state index in [0.29, 0.717) is 5.56 Å². The molecule has 0 heterocycles. The Bertz CT molecular complexity index is 544. The molecule has 0 saturated carbocycles. The van der Waals surface area contributed by atoms with E-state index >= 15 is 0 Å². The normalized spacial score (nSPS) is 10.3. The Morgan fingerprint density at radius 2 is 1.95 bits per heavy atom. The zero-order chi connectivity index (χ0) is 14.5. The second-order valence-electron chi connectivity index (χ2n) is 5.13. The van der Waals surface area contributed by atoms with E-state index in [0.717, 1.165) is 5.56 Å². The van der Waals surface area contributed by atoms with Gasteiger partial charge in [-0.1, -0.05) is 37.7 Å². The quantitative estimate of drug-likeness (QED) is 0.280. The molecule has 0 aliphatic heterocycles. The molecule has 4 heteroatoms. The topological polar surface area (TPSA) is 43.4 Å². The Kier molecular flexibility index (Phi) is 5.08. The van der Waals surface area contributed by atoms with Gasteiger partial charge in [0.2, 0.25) is 0 Å². The van der Waals surface area contributed by atoms with Gasteiger partial charge in [-0.3, -0.25) is 4.79 Å². The monoisotopic (exact) mass is 274 g/mol. The number of benzene rings is 1. The van der Waals surface area contributed by atoms with Gasteiger partial charge in [-0.2, -0.15) is 0 Å². The lowest BCUT2D eigenvalue weighted by Crippen LogP contribution is -2.17. The van der Waals surface area contributed by atoms with Crippen LogP contribution in [-0.2, 0) is 9.53 Å². The van der Waals surface area contributed by atoms with Crippen molar-refractivity contribution in [3.8, 4) is 11.5 Å². The molecule has 100 valence electrons. The fourth-order valence-corrected chi connectivity index (χ4v) is 1.83. The summed E-state index contributed by atoms with van der Waals surface area (Å²) in [6, 6.07) is 6.78. The summed E-state index contributed by atoms with van der Waals surface area (Å²) in [5.74, 6) is 1.61. The molecule has 0 unspecified atom stereocenters. The number of rotatable bonds is 3. The second-order valence-corrected chi connectivity index (χ2v) is 9.88. The highest BCUT2D eigenvalue weighted by molar-refractivity contribution is 6.83. The number of hydrogen-bond acceptors (Lipinski definition) is 3. The van der Waals surface area contributed by atoms with Crippen molar-refractivity contribution >= 4 is 19.8 Å². The number of carbonyl (C=O) groups is 2. The molecular weight excluding hydrogens is 256 g/mol. The minimum Gasteiger partial charge on any atom is -0.460 e. The number of Topliss-reactive ketones (excluding diaryl/α,β-unsaturated/α-hetero) is 1. The highest BCUT2D eigenvalue weighted by Gasteiger charge is 2.17. The SMILES string of the molecule is CCOC(=O)C(=O)c1cccc(C#C[Si](C)(C)C)c1. The highest BCUT2D eigenvalue weighted by Crippen LogP contribution is 2.07. The van der Waals surface area contributed by atoms with E-state index in [1.54, 1.807) is 25.1 Å². The number of ether oxygens (including phenoxy) is 1. The molecule has 0 amide bonds. The second kappa shape index (κ2) is 6.35. The van der Waals surface area contributed by atoms with Crippen LogP contribution in [0.3, 0.4) is 0 Å². The summed E-state index contributed by atoms with van der Waals surface area (Å²) in [6.07, 6.45) is 0. The third-order valence-electron chi connectivity index (χ3n) is 2.17. The van der Waals surface area contributed by atoms with Gasteiger partial charge in [-0.05, 0) is 19.1 Å². The van der Waals surface area contributed by atoms with Crippen LogP contribution in [0.1, 0.15) is 22.8 Å². The number of carbonyl (C=O) groups excluding carboxylic acids is 2. The molecule has 0 aromatic heterocycles. The zero-order valence-corrected chi connectivity index (χ0v) is 12.7. The van der Waals surface area contributed by atoms with E-state index < -0.39 is 19.8 Å². The summed E-state index contributed by atoms with van der Waals surface area (Å²) in [6.45, 7) is 8.30. The Morgan fingerprint density at radius 3 is 2.53 bits per heavy atom. The summed E-state index contributed by atoms with van der Waals surface area (Å²) >= 11 is 0. The summed E-state index contributed by atoms with van der Waals surface area (Å²) in [5.41, 5.74) is 4.29. The van der Waals surface area contributed by atoms with Gasteiger partial charge >= 0.3 is 5.97 Å².